The van der Waals surface area contributed by atoms with Crippen LogP contribution in [0.2, 0.25) is 0 Å². The predicted molar refractivity (Wildman–Crippen MR) is 70.7 cm³/mol. The van der Waals surface area contributed by atoms with Gasteiger partial charge >= 0.3 is 5.97 Å². The van der Waals surface area contributed by atoms with Crippen molar-refractivity contribution >= 4 is 11.9 Å². The summed E-state index contributed by atoms with van der Waals surface area (Å²) in [5.41, 5.74) is -0.00658. The van der Waals surface area contributed by atoms with Crippen LogP contribution in [-0.2, 0) is 0 Å². The molecular formula is C13H19N3O4. The molecule has 2 N–H and O–H groups in total. The predicted octanol–water partition coefficient (Wildman–Crippen LogP) is 0.977. The molecule has 1 aliphatic heterocycles. The number of nitrogens with zero attached hydrogens (tertiary/aromatic N) is 2. The molecule has 0 saturated carbocycles. The third kappa shape index (κ3) is 3.80. The molecule has 110 valence electrons. The lowest BCUT2D eigenvalue weighted by Gasteiger charge is -2.29. The number of carbonyl (C=O) groups excluding carboxylic acids is 1. The summed E-state index contributed by atoms with van der Waals surface area (Å²) in [6.45, 7) is 4.83. The van der Waals surface area contributed by atoms with E-state index in [9.17, 15) is 9.59 Å². The van der Waals surface area contributed by atoms with Crippen LogP contribution in [0.1, 0.15) is 47.2 Å². The normalized spacial score (nSPS) is 17.6. The average Bonchev–Trinajstić information content (AvgIpc) is 2.89. The fourth-order valence-corrected chi connectivity index (χ4v) is 2.36. The lowest BCUT2D eigenvalue weighted by Crippen LogP contribution is -2.43. The van der Waals surface area contributed by atoms with Crippen LogP contribution in [0.25, 0.3) is 0 Å². The van der Waals surface area contributed by atoms with Crippen molar-refractivity contribution in [2.24, 2.45) is 0 Å². The average molecular weight is 281 g/mol. The van der Waals surface area contributed by atoms with Crippen molar-refractivity contribution in [3.8, 4) is 0 Å². The van der Waals surface area contributed by atoms with Crippen molar-refractivity contribution in [1.29, 1.82) is 0 Å². The first-order chi connectivity index (χ1) is 9.56. The molecule has 20 heavy (non-hydrogen) atoms. The fraction of sp³-hybridized carbons (Fsp3) is 0.615. The topological polar surface area (TPSA) is 95.7 Å². The van der Waals surface area contributed by atoms with Gasteiger partial charge in [0.05, 0.1) is 0 Å². The van der Waals surface area contributed by atoms with Gasteiger partial charge in [-0.05, 0) is 32.9 Å². The number of aromatic nitrogens is 1. The highest BCUT2D eigenvalue weighted by Gasteiger charge is 2.19. The van der Waals surface area contributed by atoms with E-state index in [0.29, 0.717) is 0 Å². The van der Waals surface area contributed by atoms with E-state index in [1.165, 1.54) is 19.3 Å². The van der Waals surface area contributed by atoms with Crippen LogP contribution in [-0.4, -0.2) is 52.7 Å². The molecule has 1 unspecified atom stereocenters. The highest BCUT2D eigenvalue weighted by atomic mass is 16.5. The maximum absolute atomic E-state index is 11.9. The van der Waals surface area contributed by atoms with Crippen LogP contribution in [0.4, 0.5) is 0 Å². The maximum atomic E-state index is 11.9. The van der Waals surface area contributed by atoms with Crippen LogP contribution in [0.5, 0.6) is 0 Å². The summed E-state index contributed by atoms with van der Waals surface area (Å²) in [7, 11) is 0. The van der Waals surface area contributed by atoms with E-state index < -0.39 is 11.9 Å². The molecule has 0 spiro atoms. The Morgan fingerprint density at radius 3 is 2.75 bits per heavy atom. The summed E-state index contributed by atoms with van der Waals surface area (Å²) in [6.07, 6.45) is 3.67. The van der Waals surface area contributed by atoms with Crippen LogP contribution < -0.4 is 5.32 Å². The fourth-order valence-electron chi connectivity index (χ4n) is 2.36. The van der Waals surface area contributed by atoms with Gasteiger partial charge in [-0.15, -0.1) is 0 Å². The number of likely N-dealkylation sites (tertiary alicyclic amines) is 1. The summed E-state index contributed by atoms with van der Waals surface area (Å²) in [5, 5.41) is 15.0. The molecular weight excluding hydrogens is 262 g/mol. The molecule has 0 radical (unpaired) electrons. The van der Waals surface area contributed by atoms with Crippen LogP contribution in [0.15, 0.2) is 10.6 Å². The van der Waals surface area contributed by atoms with Gasteiger partial charge < -0.3 is 19.8 Å². The van der Waals surface area contributed by atoms with Gasteiger partial charge in [-0.25, -0.2) is 4.79 Å². The van der Waals surface area contributed by atoms with Crippen LogP contribution >= 0.6 is 0 Å². The Kier molecular flexibility index (Phi) is 4.73. The Bertz CT molecular complexity index is 480. The summed E-state index contributed by atoms with van der Waals surface area (Å²) >= 11 is 0. The van der Waals surface area contributed by atoms with Gasteiger partial charge in [-0.2, -0.15) is 0 Å². The van der Waals surface area contributed by atoms with Crippen LogP contribution in [0.3, 0.4) is 0 Å². The van der Waals surface area contributed by atoms with Gasteiger partial charge in [-0.3, -0.25) is 4.79 Å². The van der Waals surface area contributed by atoms with Gasteiger partial charge in [0.1, 0.15) is 0 Å². The second-order valence-electron chi connectivity index (χ2n) is 5.12. The van der Waals surface area contributed by atoms with E-state index in [0.717, 1.165) is 25.7 Å². The number of amides is 1. The SMILES string of the molecule is CC(CN1CCCCC1)NC(=O)c1cc(C(=O)O)on1. The second kappa shape index (κ2) is 6.51. The van der Waals surface area contributed by atoms with Gasteiger partial charge in [0.15, 0.2) is 5.69 Å². The Balaban J connectivity index is 1.84. The maximum Gasteiger partial charge on any atom is 0.374 e. The highest BCUT2D eigenvalue weighted by molar-refractivity contribution is 5.94. The molecule has 2 rings (SSSR count). The molecule has 1 fully saturated rings. The molecule has 1 saturated heterocycles. The molecule has 0 aliphatic carbocycles. The standard InChI is InChI=1S/C13H19N3O4/c1-9(8-16-5-3-2-4-6-16)14-12(17)10-7-11(13(18)19)20-15-10/h7,9H,2-6,8H2,1H3,(H,14,17)(H,18,19). The van der Waals surface area contributed by atoms with Gasteiger partial charge in [-0.1, -0.05) is 11.6 Å². The molecule has 1 aromatic heterocycles. The monoisotopic (exact) mass is 281 g/mol. The summed E-state index contributed by atoms with van der Waals surface area (Å²) in [6, 6.07) is 1.11. The summed E-state index contributed by atoms with van der Waals surface area (Å²) < 4.78 is 4.56. The van der Waals surface area contributed by atoms with Gasteiger partial charge in [0.25, 0.3) is 5.91 Å². The molecule has 7 nitrogen and oxygen atoms in total. The van der Waals surface area contributed by atoms with E-state index in [1.54, 1.807) is 0 Å². The first kappa shape index (κ1) is 14.5. The van der Waals surface area contributed by atoms with E-state index in [4.69, 9.17) is 5.11 Å². The molecule has 1 amide bonds. The van der Waals surface area contributed by atoms with Gasteiger partial charge in [0.2, 0.25) is 5.76 Å². The first-order valence-electron chi connectivity index (χ1n) is 6.79. The number of nitrogens with one attached hydrogen (secondary N) is 1. The molecule has 1 aliphatic rings. The van der Waals surface area contributed by atoms with E-state index >= 15 is 0 Å². The molecule has 1 atom stereocenters. The molecule has 7 heteroatoms. The quantitative estimate of drug-likeness (QED) is 0.835. The smallest absolute Gasteiger partial charge is 0.374 e. The van der Waals surface area contributed by atoms with Crippen molar-refractivity contribution in [1.82, 2.24) is 15.4 Å². The van der Waals surface area contributed by atoms with E-state index in [-0.39, 0.29) is 17.5 Å². The number of hydrogen-bond acceptors (Lipinski definition) is 5. The van der Waals surface area contributed by atoms with Crippen molar-refractivity contribution < 1.29 is 19.2 Å². The van der Waals surface area contributed by atoms with E-state index in [2.05, 4.69) is 19.9 Å². The number of aromatic carboxylic acids is 1. The zero-order valence-electron chi connectivity index (χ0n) is 11.5. The second-order valence-corrected chi connectivity index (χ2v) is 5.12. The molecule has 0 aromatic carbocycles. The minimum Gasteiger partial charge on any atom is -0.475 e. The van der Waals surface area contributed by atoms with E-state index in [1.807, 2.05) is 6.92 Å². The minimum absolute atomic E-state index is 0.00658. The van der Waals surface area contributed by atoms with Crippen molar-refractivity contribution in [2.45, 2.75) is 32.2 Å². The number of hydrogen-bond donors (Lipinski definition) is 2. The highest BCUT2D eigenvalue weighted by Crippen LogP contribution is 2.09. The molecule has 2 heterocycles. The summed E-state index contributed by atoms with van der Waals surface area (Å²) in [5.74, 6) is -1.98. The summed E-state index contributed by atoms with van der Waals surface area (Å²) in [4.78, 5) is 24.9. The number of piperidine rings is 1. The Morgan fingerprint density at radius 1 is 1.45 bits per heavy atom. The lowest BCUT2D eigenvalue weighted by atomic mass is 10.1. The molecule has 1 aromatic rings. The Morgan fingerprint density at radius 2 is 2.15 bits per heavy atom. The number of carboxylic acid groups (broad SMARTS) is 1. The largest absolute Gasteiger partial charge is 0.475 e. The first-order valence-corrected chi connectivity index (χ1v) is 6.79. The Hall–Kier alpha value is -1.89. The Labute approximate surface area is 116 Å². The zero-order valence-corrected chi connectivity index (χ0v) is 11.5. The third-order valence-electron chi connectivity index (χ3n) is 3.31. The number of carbonyl (C=O) groups is 2. The van der Waals surface area contributed by atoms with Crippen molar-refractivity contribution in [2.75, 3.05) is 19.6 Å². The molecule has 0 bridgehead atoms. The lowest BCUT2D eigenvalue weighted by molar-refractivity contribution is 0.0651. The van der Waals surface area contributed by atoms with Crippen molar-refractivity contribution in [3.63, 3.8) is 0 Å². The third-order valence-corrected chi connectivity index (χ3v) is 3.31. The minimum atomic E-state index is -1.24. The zero-order chi connectivity index (χ0) is 14.5. The van der Waals surface area contributed by atoms with Gasteiger partial charge in [0, 0.05) is 18.7 Å². The number of carboxylic acids is 1. The van der Waals surface area contributed by atoms with Crippen molar-refractivity contribution in [3.05, 3.63) is 17.5 Å². The van der Waals surface area contributed by atoms with Crippen LogP contribution in [0, 0.1) is 0 Å². The number of rotatable bonds is 5.